The van der Waals surface area contributed by atoms with Gasteiger partial charge in [0.25, 0.3) is 0 Å². The summed E-state index contributed by atoms with van der Waals surface area (Å²) in [6.45, 7) is 4.55. The predicted octanol–water partition coefficient (Wildman–Crippen LogP) is 4.18. The molecule has 1 fully saturated rings. The number of aliphatic hydroxyl groups is 1. The lowest BCUT2D eigenvalue weighted by atomic mass is 9.71. The molecule has 0 heterocycles. The maximum absolute atomic E-state index is 10.7. The topological polar surface area (TPSA) is 20.2 Å². The van der Waals surface area contributed by atoms with E-state index in [1.54, 1.807) is 0 Å². The quantitative estimate of drug-likeness (QED) is 0.868. The first-order valence-corrected chi connectivity index (χ1v) is 7.25. The third-order valence-corrected chi connectivity index (χ3v) is 4.65. The molecule has 1 aromatic rings. The van der Waals surface area contributed by atoms with Crippen molar-refractivity contribution in [2.75, 3.05) is 0 Å². The van der Waals surface area contributed by atoms with Gasteiger partial charge < -0.3 is 5.11 Å². The van der Waals surface area contributed by atoms with Gasteiger partial charge in [0, 0.05) is 10.9 Å². The van der Waals surface area contributed by atoms with Crippen molar-refractivity contribution < 1.29 is 5.11 Å². The van der Waals surface area contributed by atoms with Crippen LogP contribution in [-0.2, 0) is 6.42 Å². The van der Waals surface area contributed by atoms with E-state index in [4.69, 9.17) is 0 Å². The van der Waals surface area contributed by atoms with Gasteiger partial charge in [-0.1, -0.05) is 41.9 Å². The second kappa shape index (κ2) is 5.11. The summed E-state index contributed by atoms with van der Waals surface area (Å²) >= 11 is 3.48. The van der Waals surface area contributed by atoms with Gasteiger partial charge in [0.2, 0.25) is 0 Å². The van der Waals surface area contributed by atoms with E-state index >= 15 is 0 Å². The summed E-state index contributed by atoms with van der Waals surface area (Å²) in [5, 5.41) is 10.7. The molecule has 2 heteroatoms. The Morgan fingerprint density at radius 3 is 2.76 bits per heavy atom. The molecule has 0 spiro atoms. The summed E-state index contributed by atoms with van der Waals surface area (Å²) in [6, 6.07) is 8.28. The van der Waals surface area contributed by atoms with Crippen LogP contribution in [0.4, 0.5) is 0 Å². The summed E-state index contributed by atoms with van der Waals surface area (Å²) in [7, 11) is 0. The molecule has 0 radical (unpaired) electrons. The third kappa shape index (κ3) is 3.32. The molecule has 3 atom stereocenters. The molecular weight excluding hydrogens is 276 g/mol. The van der Waals surface area contributed by atoms with Gasteiger partial charge in [-0.05, 0) is 48.8 Å². The van der Waals surface area contributed by atoms with Gasteiger partial charge in [0.15, 0.2) is 0 Å². The van der Waals surface area contributed by atoms with Crippen LogP contribution in [0.2, 0.25) is 0 Å². The number of hydrogen-bond acceptors (Lipinski definition) is 1. The Kier molecular flexibility index (Phi) is 3.94. The van der Waals surface area contributed by atoms with E-state index in [0.29, 0.717) is 5.92 Å². The van der Waals surface area contributed by atoms with Crippen molar-refractivity contribution in [3.05, 3.63) is 34.3 Å². The molecule has 1 aromatic carbocycles. The van der Waals surface area contributed by atoms with E-state index in [1.165, 1.54) is 5.56 Å². The standard InChI is InChI=1S/C15H21BrO/c1-11-6-7-15(17,9-12(11)2)10-13-4-3-5-14(16)8-13/h3-5,8,11-12,17H,6-7,9-10H2,1-2H3. The van der Waals surface area contributed by atoms with E-state index in [2.05, 4.69) is 41.9 Å². The van der Waals surface area contributed by atoms with E-state index in [1.807, 2.05) is 12.1 Å². The average molecular weight is 297 g/mol. The second-order valence-electron chi connectivity index (χ2n) is 5.73. The van der Waals surface area contributed by atoms with Crippen LogP contribution in [0.25, 0.3) is 0 Å². The normalized spacial score (nSPS) is 33.6. The van der Waals surface area contributed by atoms with E-state index < -0.39 is 5.60 Å². The van der Waals surface area contributed by atoms with Crippen LogP contribution in [0.3, 0.4) is 0 Å². The summed E-state index contributed by atoms with van der Waals surface area (Å²) < 4.78 is 1.09. The van der Waals surface area contributed by atoms with Crippen LogP contribution in [0.1, 0.15) is 38.7 Å². The van der Waals surface area contributed by atoms with Crippen LogP contribution in [0.5, 0.6) is 0 Å². The zero-order valence-corrected chi connectivity index (χ0v) is 12.2. The minimum atomic E-state index is -0.493. The van der Waals surface area contributed by atoms with Crippen molar-refractivity contribution in [2.24, 2.45) is 11.8 Å². The molecule has 1 aliphatic carbocycles. The van der Waals surface area contributed by atoms with E-state index in [9.17, 15) is 5.11 Å². The molecule has 3 unspecified atom stereocenters. The van der Waals surface area contributed by atoms with Crippen molar-refractivity contribution in [2.45, 2.75) is 45.1 Å². The van der Waals surface area contributed by atoms with Crippen molar-refractivity contribution in [1.82, 2.24) is 0 Å². The maximum Gasteiger partial charge on any atom is 0.0690 e. The van der Waals surface area contributed by atoms with Crippen molar-refractivity contribution in [3.8, 4) is 0 Å². The zero-order valence-electron chi connectivity index (χ0n) is 10.6. The predicted molar refractivity (Wildman–Crippen MR) is 75.0 cm³/mol. The lowest BCUT2D eigenvalue weighted by Gasteiger charge is -2.39. The molecule has 1 aliphatic rings. The second-order valence-corrected chi connectivity index (χ2v) is 6.64. The fraction of sp³-hybridized carbons (Fsp3) is 0.600. The van der Waals surface area contributed by atoms with Crippen LogP contribution in [-0.4, -0.2) is 10.7 Å². The average Bonchev–Trinajstić information content (AvgIpc) is 2.24. The number of benzene rings is 1. The Morgan fingerprint density at radius 1 is 1.35 bits per heavy atom. The van der Waals surface area contributed by atoms with Gasteiger partial charge in [-0.2, -0.15) is 0 Å². The first-order valence-electron chi connectivity index (χ1n) is 6.45. The largest absolute Gasteiger partial charge is 0.390 e. The Morgan fingerprint density at radius 2 is 2.12 bits per heavy atom. The molecule has 1 nitrogen and oxygen atoms in total. The number of rotatable bonds is 2. The zero-order chi connectivity index (χ0) is 12.5. The van der Waals surface area contributed by atoms with E-state index in [-0.39, 0.29) is 0 Å². The molecule has 0 bridgehead atoms. The Labute approximate surface area is 112 Å². The van der Waals surface area contributed by atoms with Gasteiger partial charge in [0.05, 0.1) is 5.60 Å². The summed E-state index contributed by atoms with van der Waals surface area (Å²) in [4.78, 5) is 0. The van der Waals surface area contributed by atoms with Crippen molar-refractivity contribution in [1.29, 1.82) is 0 Å². The molecule has 0 aliphatic heterocycles. The van der Waals surface area contributed by atoms with Gasteiger partial charge in [0.1, 0.15) is 0 Å². The van der Waals surface area contributed by atoms with Crippen LogP contribution < -0.4 is 0 Å². The monoisotopic (exact) mass is 296 g/mol. The summed E-state index contributed by atoms with van der Waals surface area (Å²) in [5.41, 5.74) is 0.732. The molecule has 1 saturated carbocycles. The number of hydrogen-bond donors (Lipinski definition) is 1. The molecule has 0 amide bonds. The fourth-order valence-corrected chi connectivity index (χ4v) is 3.32. The summed E-state index contributed by atoms with van der Waals surface area (Å²) in [6.07, 6.45) is 3.79. The minimum Gasteiger partial charge on any atom is -0.390 e. The molecule has 0 aromatic heterocycles. The summed E-state index contributed by atoms with van der Waals surface area (Å²) in [5.74, 6) is 1.37. The van der Waals surface area contributed by atoms with Gasteiger partial charge in [-0.25, -0.2) is 0 Å². The minimum absolute atomic E-state index is 0.493. The Bertz CT molecular complexity index is 390. The molecule has 1 N–H and O–H groups in total. The first-order chi connectivity index (χ1) is 7.98. The molecule has 2 rings (SSSR count). The smallest absolute Gasteiger partial charge is 0.0690 e. The third-order valence-electron chi connectivity index (χ3n) is 4.16. The Hall–Kier alpha value is -0.340. The lowest BCUT2D eigenvalue weighted by Crippen LogP contribution is -2.39. The highest BCUT2D eigenvalue weighted by atomic mass is 79.9. The van der Waals surface area contributed by atoms with Gasteiger partial charge >= 0.3 is 0 Å². The van der Waals surface area contributed by atoms with Gasteiger partial charge in [-0.3, -0.25) is 0 Å². The van der Waals surface area contributed by atoms with E-state index in [0.717, 1.165) is 36.1 Å². The van der Waals surface area contributed by atoms with Crippen LogP contribution >= 0.6 is 15.9 Å². The van der Waals surface area contributed by atoms with Gasteiger partial charge in [-0.15, -0.1) is 0 Å². The number of halogens is 1. The lowest BCUT2D eigenvalue weighted by molar-refractivity contribution is -0.0279. The molecule has 17 heavy (non-hydrogen) atoms. The highest BCUT2D eigenvalue weighted by Crippen LogP contribution is 2.38. The van der Waals surface area contributed by atoms with Crippen molar-refractivity contribution >= 4 is 15.9 Å². The maximum atomic E-state index is 10.7. The molecular formula is C15H21BrO. The SMILES string of the molecule is CC1CCC(O)(Cc2cccc(Br)c2)CC1C. The molecule has 94 valence electrons. The van der Waals surface area contributed by atoms with Crippen LogP contribution in [0.15, 0.2) is 28.7 Å². The molecule has 0 saturated heterocycles. The van der Waals surface area contributed by atoms with Crippen molar-refractivity contribution in [3.63, 3.8) is 0 Å². The highest BCUT2D eigenvalue weighted by molar-refractivity contribution is 9.10. The fourth-order valence-electron chi connectivity index (χ4n) is 2.87. The Balaban J connectivity index is 2.07. The first kappa shape index (κ1) is 13.1. The van der Waals surface area contributed by atoms with Crippen LogP contribution in [0, 0.1) is 11.8 Å². The highest BCUT2D eigenvalue weighted by Gasteiger charge is 2.35.